The van der Waals surface area contributed by atoms with Crippen LogP contribution in [0.15, 0.2) is 30.3 Å². The Labute approximate surface area is 116 Å². The van der Waals surface area contributed by atoms with E-state index in [1.165, 1.54) is 6.92 Å². The minimum atomic E-state index is -4.28. The molecule has 0 saturated carbocycles. The molecule has 3 nitrogen and oxygen atoms in total. The number of nitrogens with one attached hydrogen (secondary N) is 1. The number of halogens is 3. The fourth-order valence-corrected chi connectivity index (χ4v) is 1.86. The van der Waals surface area contributed by atoms with Gasteiger partial charge in [0.15, 0.2) is 0 Å². The van der Waals surface area contributed by atoms with Crippen LogP contribution < -0.4 is 5.32 Å². The van der Waals surface area contributed by atoms with Crippen molar-refractivity contribution in [3.05, 3.63) is 35.9 Å². The quantitative estimate of drug-likeness (QED) is 0.817. The number of rotatable bonds is 6. The average Bonchev–Trinajstić information content (AvgIpc) is 2.35. The van der Waals surface area contributed by atoms with Crippen molar-refractivity contribution in [2.24, 2.45) is 0 Å². The fraction of sp³-hybridized carbons (Fsp3) is 0.500. The lowest BCUT2D eigenvalue weighted by Crippen LogP contribution is -2.38. The van der Waals surface area contributed by atoms with Gasteiger partial charge in [-0.05, 0) is 19.4 Å². The Bertz CT molecular complexity index is 420. The van der Waals surface area contributed by atoms with Crippen molar-refractivity contribution in [1.82, 2.24) is 5.32 Å². The van der Waals surface area contributed by atoms with E-state index >= 15 is 0 Å². The third-order valence-corrected chi connectivity index (χ3v) is 2.64. The Balaban J connectivity index is 2.81. The molecule has 0 amide bonds. The number of hydrogen-bond acceptors (Lipinski definition) is 3. The highest BCUT2D eigenvalue weighted by Gasteiger charge is 2.32. The molecule has 0 aromatic heterocycles. The lowest BCUT2D eigenvalue weighted by Gasteiger charge is -2.23. The Morgan fingerprint density at radius 3 is 2.40 bits per heavy atom. The maximum absolute atomic E-state index is 12.4. The molecule has 112 valence electrons. The van der Waals surface area contributed by atoms with Gasteiger partial charge in [0.1, 0.15) is 6.04 Å². The Morgan fingerprint density at radius 2 is 1.90 bits per heavy atom. The highest BCUT2D eigenvalue weighted by molar-refractivity contribution is 5.77. The average molecular weight is 289 g/mol. The van der Waals surface area contributed by atoms with Crippen LogP contribution in [0.3, 0.4) is 0 Å². The third-order valence-electron chi connectivity index (χ3n) is 2.64. The summed E-state index contributed by atoms with van der Waals surface area (Å²) in [5, 5.41) is 2.68. The van der Waals surface area contributed by atoms with Crippen LogP contribution in [0.25, 0.3) is 0 Å². The first-order valence-electron chi connectivity index (χ1n) is 6.38. The molecule has 2 unspecified atom stereocenters. The first-order chi connectivity index (χ1) is 9.33. The second kappa shape index (κ2) is 7.28. The van der Waals surface area contributed by atoms with Gasteiger partial charge in [0.05, 0.1) is 13.0 Å². The maximum Gasteiger partial charge on any atom is 0.390 e. The lowest BCUT2D eigenvalue weighted by molar-refractivity contribution is -0.149. The zero-order valence-electron chi connectivity index (χ0n) is 11.4. The van der Waals surface area contributed by atoms with E-state index in [2.05, 4.69) is 5.32 Å². The minimum Gasteiger partial charge on any atom is -0.465 e. The number of esters is 1. The first kappa shape index (κ1) is 16.5. The van der Waals surface area contributed by atoms with E-state index in [4.69, 9.17) is 4.74 Å². The number of ether oxygens (including phenoxy) is 1. The zero-order chi connectivity index (χ0) is 15.2. The molecule has 1 aromatic carbocycles. The number of hydrogen-bond donors (Lipinski definition) is 1. The minimum absolute atomic E-state index is 0.178. The van der Waals surface area contributed by atoms with Crippen LogP contribution in [0.1, 0.15) is 31.9 Å². The highest BCUT2D eigenvalue weighted by Crippen LogP contribution is 2.23. The summed E-state index contributed by atoms with van der Waals surface area (Å²) in [5.74, 6) is -0.576. The van der Waals surface area contributed by atoms with E-state index in [0.29, 0.717) is 5.56 Å². The first-order valence-corrected chi connectivity index (χ1v) is 6.38. The molecule has 0 saturated heterocycles. The van der Waals surface area contributed by atoms with Gasteiger partial charge in [-0.25, -0.2) is 4.79 Å². The lowest BCUT2D eigenvalue weighted by atomic mass is 10.1. The van der Waals surface area contributed by atoms with Gasteiger partial charge in [0.25, 0.3) is 0 Å². The van der Waals surface area contributed by atoms with Gasteiger partial charge in [-0.2, -0.15) is 13.2 Å². The molecule has 0 aliphatic heterocycles. The summed E-state index contributed by atoms with van der Waals surface area (Å²) in [6.45, 7) is 3.22. The summed E-state index contributed by atoms with van der Waals surface area (Å²) in [7, 11) is 0. The predicted octanol–water partition coefficient (Wildman–Crippen LogP) is 3.22. The molecule has 0 radical (unpaired) electrons. The third kappa shape index (κ3) is 5.61. The van der Waals surface area contributed by atoms with E-state index in [1.807, 2.05) is 0 Å². The van der Waals surface area contributed by atoms with E-state index in [9.17, 15) is 18.0 Å². The van der Waals surface area contributed by atoms with Crippen molar-refractivity contribution in [1.29, 1.82) is 0 Å². The summed E-state index contributed by atoms with van der Waals surface area (Å²) >= 11 is 0. The summed E-state index contributed by atoms with van der Waals surface area (Å²) in [4.78, 5) is 11.9. The molecule has 1 aromatic rings. The van der Waals surface area contributed by atoms with Gasteiger partial charge >= 0.3 is 12.1 Å². The molecular weight excluding hydrogens is 271 g/mol. The van der Waals surface area contributed by atoms with Crippen LogP contribution >= 0.6 is 0 Å². The largest absolute Gasteiger partial charge is 0.465 e. The van der Waals surface area contributed by atoms with Gasteiger partial charge in [0.2, 0.25) is 0 Å². The standard InChI is InChI=1S/C14H18F3NO2/c1-3-20-13(19)12(11-7-5-4-6-8-11)18-10(2)9-14(15,16)17/h4-8,10,12,18H,3,9H2,1-2H3. The second-order valence-corrected chi connectivity index (χ2v) is 4.48. The molecule has 0 aliphatic carbocycles. The summed E-state index contributed by atoms with van der Waals surface area (Å²) in [5.41, 5.74) is 0.583. The molecule has 20 heavy (non-hydrogen) atoms. The number of carbonyl (C=O) groups excluding carboxylic acids is 1. The van der Waals surface area contributed by atoms with Crippen molar-refractivity contribution < 1.29 is 22.7 Å². The van der Waals surface area contributed by atoms with E-state index in [-0.39, 0.29) is 6.61 Å². The molecule has 0 heterocycles. The Kier molecular flexibility index (Phi) is 6.01. The Morgan fingerprint density at radius 1 is 1.30 bits per heavy atom. The predicted molar refractivity (Wildman–Crippen MR) is 69.1 cm³/mol. The van der Waals surface area contributed by atoms with Crippen molar-refractivity contribution in [3.63, 3.8) is 0 Å². The smallest absolute Gasteiger partial charge is 0.390 e. The monoisotopic (exact) mass is 289 g/mol. The van der Waals surface area contributed by atoms with Crippen molar-refractivity contribution in [2.75, 3.05) is 6.61 Å². The molecule has 0 fully saturated rings. The number of carbonyl (C=O) groups is 1. The van der Waals surface area contributed by atoms with E-state index in [1.54, 1.807) is 37.3 Å². The topological polar surface area (TPSA) is 38.3 Å². The second-order valence-electron chi connectivity index (χ2n) is 4.48. The van der Waals surface area contributed by atoms with Crippen LogP contribution in [0.5, 0.6) is 0 Å². The van der Waals surface area contributed by atoms with Crippen molar-refractivity contribution >= 4 is 5.97 Å². The van der Waals surface area contributed by atoms with Crippen LogP contribution in [-0.2, 0) is 9.53 Å². The number of benzene rings is 1. The normalized spacial score (nSPS) is 14.7. The SMILES string of the molecule is CCOC(=O)C(NC(C)CC(F)(F)F)c1ccccc1. The van der Waals surface area contributed by atoms with Gasteiger partial charge in [-0.3, -0.25) is 5.32 Å². The van der Waals surface area contributed by atoms with Crippen molar-refractivity contribution in [2.45, 2.75) is 38.5 Å². The number of alkyl halides is 3. The van der Waals surface area contributed by atoms with E-state index < -0.39 is 30.7 Å². The summed E-state index contributed by atoms with van der Waals surface area (Å²) < 4.78 is 42.0. The highest BCUT2D eigenvalue weighted by atomic mass is 19.4. The molecule has 2 atom stereocenters. The van der Waals surface area contributed by atoms with Gasteiger partial charge in [-0.1, -0.05) is 30.3 Å². The van der Waals surface area contributed by atoms with Crippen molar-refractivity contribution in [3.8, 4) is 0 Å². The molecular formula is C14H18F3NO2. The Hall–Kier alpha value is -1.56. The summed E-state index contributed by atoms with van der Waals surface area (Å²) in [6, 6.07) is 6.78. The molecule has 6 heteroatoms. The maximum atomic E-state index is 12.4. The fourth-order valence-electron chi connectivity index (χ4n) is 1.86. The molecule has 0 aliphatic rings. The van der Waals surface area contributed by atoms with Gasteiger partial charge < -0.3 is 4.74 Å². The molecule has 0 bridgehead atoms. The van der Waals surface area contributed by atoms with Gasteiger partial charge in [0, 0.05) is 6.04 Å². The van der Waals surface area contributed by atoms with Crippen LogP contribution in [0, 0.1) is 0 Å². The summed E-state index contributed by atoms with van der Waals surface area (Å²) in [6.07, 6.45) is -5.28. The van der Waals surface area contributed by atoms with E-state index in [0.717, 1.165) is 0 Å². The zero-order valence-corrected chi connectivity index (χ0v) is 11.4. The molecule has 1 N–H and O–H groups in total. The molecule has 1 rings (SSSR count). The van der Waals surface area contributed by atoms with Crippen LogP contribution in [-0.4, -0.2) is 24.8 Å². The van der Waals surface area contributed by atoms with Crippen LogP contribution in [0.4, 0.5) is 13.2 Å². The molecule has 0 spiro atoms. The van der Waals surface area contributed by atoms with Crippen LogP contribution in [0.2, 0.25) is 0 Å². The van der Waals surface area contributed by atoms with Gasteiger partial charge in [-0.15, -0.1) is 0 Å².